The van der Waals surface area contributed by atoms with E-state index in [2.05, 4.69) is 15.5 Å². The fourth-order valence-electron chi connectivity index (χ4n) is 3.16. The van der Waals surface area contributed by atoms with Gasteiger partial charge < -0.3 is 9.84 Å². The first-order valence-corrected chi connectivity index (χ1v) is 10.7. The standard InChI is InChI=1S/C20H20N4O4S/c25-20(18-13-19(28-23-18)16-7-9-21-10-8-16)22-14-15-3-5-17(6-4-15)29(26,27)24-11-1-2-12-24/h3-10,13H,1-2,11-12,14H2,(H,22,25). The van der Waals surface area contributed by atoms with E-state index in [0.717, 1.165) is 24.0 Å². The highest BCUT2D eigenvalue weighted by Gasteiger charge is 2.26. The van der Waals surface area contributed by atoms with Crippen molar-refractivity contribution < 1.29 is 17.7 Å². The minimum absolute atomic E-state index is 0.171. The highest BCUT2D eigenvalue weighted by Crippen LogP contribution is 2.21. The molecule has 1 aliphatic heterocycles. The minimum atomic E-state index is -3.43. The summed E-state index contributed by atoms with van der Waals surface area (Å²) in [6, 6.07) is 11.7. The van der Waals surface area contributed by atoms with Gasteiger partial charge >= 0.3 is 0 Å². The molecule has 0 atom stereocenters. The van der Waals surface area contributed by atoms with Crippen LogP contribution in [0.25, 0.3) is 11.3 Å². The van der Waals surface area contributed by atoms with Gasteiger partial charge in [0.1, 0.15) is 0 Å². The summed E-state index contributed by atoms with van der Waals surface area (Å²) >= 11 is 0. The van der Waals surface area contributed by atoms with Crippen LogP contribution in [0, 0.1) is 0 Å². The highest BCUT2D eigenvalue weighted by molar-refractivity contribution is 7.89. The monoisotopic (exact) mass is 412 g/mol. The van der Waals surface area contributed by atoms with Crippen LogP contribution in [0.3, 0.4) is 0 Å². The minimum Gasteiger partial charge on any atom is -0.355 e. The van der Waals surface area contributed by atoms with Crippen LogP contribution in [0.5, 0.6) is 0 Å². The predicted octanol–water partition coefficient (Wildman–Crippen LogP) is 2.45. The normalized spacial score (nSPS) is 14.8. The van der Waals surface area contributed by atoms with Crippen LogP contribution in [-0.4, -0.2) is 41.9 Å². The second kappa shape index (κ2) is 8.14. The third-order valence-corrected chi connectivity index (χ3v) is 6.70. The first-order chi connectivity index (χ1) is 14.0. The number of benzene rings is 1. The van der Waals surface area contributed by atoms with Crippen molar-refractivity contribution >= 4 is 15.9 Å². The van der Waals surface area contributed by atoms with Gasteiger partial charge in [0, 0.05) is 43.7 Å². The molecule has 2 aromatic heterocycles. The molecule has 1 aliphatic rings. The fraction of sp³-hybridized carbons (Fsp3) is 0.250. The SMILES string of the molecule is O=C(NCc1ccc(S(=O)(=O)N2CCCC2)cc1)c1cc(-c2ccncc2)on1. The number of aromatic nitrogens is 2. The molecule has 0 spiro atoms. The smallest absolute Gasteiger partial charge is 0.273 e. The molecular weight excluding hydrogens is 392 g/mol. The Labute approximate surface area is 168 Å². The van der Waals surface area contributed by atoms with Gasteiger partial charge in [-0.1, -0.05) is 17.3 Å². The Morgan fingerprint density at radius 1 is 1.07 bits per heavy atom. The Hall–Kier alpha value is -3.04. The van der Waals surface area contributed by atoms with E-state index in [4.69, 9.17) is 4.52 Å². The quantitative estimate of drug-likeness (QED) is 0.667. The van der Waals surface area contributed by atoms with Crippen LogP contribution in [-0.2, 0) is 16.6 Å². The molecular formula is C20H20N4O4S. The number of hydrogen-bond donors (Lipinski definition) is 1. The molecule has 0 aliphatic carbocycles. The molecule has 4 rings (SSSR count). The molecule has 1 aromatic carbocycles. The maximum atomic E-state index is 12.5. The lowest BCUT2D eigenvalue weighted by atomic mass is 10.2. The number of hydrogen-bond acceptors (Lipinski definition) is 6. The van der Waals surface area contributed by atoms with Gasteiger partial charge in [-0.3, -0.25) is 9.78 Å². The lowest BCUT2D eigenvalue weighted by molar-refractivity contribution is 0.0942. The van der Waals surface area contributed by atoms with Gasteiger partial charge in [0.05, 0.1) is 4.90 Å². The summed E-state index contributed by atoms with van der Waals surface area (Å²) in [4.78, 5) is 16.5. The molecule has 150 valence electrons. The van der Waals surface area contributed by atoms with E-state index in [-0.39, 0.29) is 23.0 Å². The van der Waals surface area contributed by atoms with E-state index in [1.165, 1.54) is 4.31 Å². The molecule has 29 heavy (non-hydrogen) atoms. The third-order valence-electron chi connectivity index (χ3n) is 4.79. The van der Waals surface area contributed by atoms with Crippen molar-refractivity contribution in [1.82, 2.24) is 19.8 Å². The molecule has 1 fully saturated rings. The average molecular weight is 412 g/mol. The molecule has 3 heterocycles. The van der Waals surface area contributed by atoms with Crippen LogP contribution in [0.4, 0.5) is 0 Å². The zero-order valence-electron chi connectivity index (χ0n) is 15.6. The Balaban J connectivity index is 1.38. The summed E-state index contributed by atoms with van der Waals surface area (Å²) in [6.07, 6.45) is 5.05. The van der Waals surface area contributed by atoms with Gasteiger partial charge in [-0.05, 0) is 42.7 Å². The second-order valence-electron chi connectivity index (χ2n) is 6.75. The number of amides is 1. The van der Waals surface area contributed by atoms with Crippen molar-refractivity contribution in [2.75, 3.05) is 13.1 Å². The third kappa shape index (κ3) is 4.20. The Morgan fingerprint density at radius 2 is 1.76 bits per heavy atom. The summed E-state index contributed by atoms with van der Waals surface area (Å²) in [7, 11) is -3.43. The summed E-state index contributed by atoms with van der Waals surface area (Å²) in [5.41, 5.74) is 1.74. The van der Waals surface area contributed by atoms with Crippen LogP contribution in [0.2, 0.25) is 0 Å². The lowest BCUT2D eigenvalue weighted by Crippen LogP contribution is -2.28. The van der Waals surface area contributed by atoms with Gasteiger partial charge in [-0.2, -0.15) is 4.31 Å². The van der Waals surface area contributed by atoms with Crippen molar-refractivity contribution in [3.63, 3.8) is 0 Å². The Morgan fingerprint density at radius 3 is 2.45 bits per heavy atom. The average Bonchev–Trinajstić information content (AvgIpc) is 3.46. The topological polar surface area (TPSA) is 105 Å². The first-order valence-electron chi connectivity index (χ1n) is 9.28. The molecule has 0 saturated carbocycles. The predicted molar refractivity (Wildman–Crippen MR) is 105 cm³/mol. The van der Waals surface area contributed by atoms with Gasteiger partial charge in [-0.25, -0.2) is 8.42 Å². The van der Waals surface area contributed by atoms with Gasteiger partial charge in [-0.15, -0.1) is 0 Å². The zero-order valence-corrected chi connectivity index (χ0v) is 16.4. The van der Waals surface area contributed by atoms with Crippen LogP contribution >= 0.6 is 0 Å². The van der Waals surface area contributed by atoms with E-state index in [9.17, 15) is 13.2 Å². The maximum absolute atomic E-state index is 12.5. The van der Waals surface area contributed by atoms with Crippen LogP contribution in [0.1, 0.15) is 28.9 Å². The number of carbonyl (C=O) groups excluding carboxylic acids is 1. The Kier molecular flexibility index (Phi) is 5.41. The molecule has 9 heteroatoms. The summed E-state index contributed by atoms with van der Waals surface area (Å²) in [5.74, 6) is 0.108. The number of sulfonamides is 1. The van der Waals surface area contributed by atoms with Crippen LogP contribution in [0.15, 0.2) is 64.3 Å². The molecule has 3 aromatic rings. The highest BCUT2D eigenvalue weighted by atomic mass is 32.2. The Bertz CT molecular complexity index is 1090. The van der Waals surface area contributed by atoms with Crippen molar-refractivity contribution in [1.29, 1.82) is 0 Å². The van der Waals surface area contributed by atoms with Crippen molar-refractivity contribution in [3.05, 3.63) is 66.1 Å². The fourth-order valence-corrected chi connectivity index (χ4v) is 4.68. The summed E-state index contributed by atoms with van der Waals surface area (Å²) < 4.78 is 31.8. The van der Waals surface area contributed by atoms with Crippen LogP contribution < -0.4 is 5.32 Å². The van der Waals surface area contributed by atoms with Crippen molar-refractivity contribution in [2.45, 2.75) is 24.3 Å². The molecule has 8 nitrogen and oxygen atoms in total. The second-order valence-corrected chi connectivity index (χ2v) is 8.69. The lowest BCUT2D eigenvalue weighted by Gasteiger charge is -2.15. The molecule has 0 radical (unpaired) electrons. The van der Waals surface area contributed by atoms with Gasteiger partial charge in [0.25, 0.3) is 5.91 Å². The molecule has 0 unspecified atom stereocenters. The summed E-state index contributed by atoms with van der Waals surface area (Å²) in [6.45, 7) is 1.39. The number of carbonyl (C=O) groups is 1. The molecule has 0 bridgehead atoms. The number of nitrogens with one attached hydrogen (secondary N) is 1. The largest absolute Gasteiger partial charge is 0.355 e. The number of rotatable bonds is 6. The van der Waals surface area contributed by atoms with Crippen molar-refractivity contribution in [3.8, 4) is 11.3 Å². The van der Waals surface area contributed by atoms with E-state index in [0.29, 0.717) is 18.8 Å². The van der Waals surface area contributed by atoms with E-state index >= 15 is 0 Å². The van der Waals surface area contributed by atoms with E-state index in [1.54, 1.807) is 54.9 Å². The molecule has 1 N–H and O–H groups in total. The number of nitrogens with zero attached hydrogens (tertiary/aromatic N) is 3. The van der Waals surface area contributed by atoms with E-state index < -0.39 is 10.0 Å². The van der Waals surface area contributed by atoms with Gasteiger partial charge in [0.15, 0.2) is 11.5 Å². The number of pyridine rings is 1. The van der Waals surface area contributed by atoms with Crippen molar-refractivity contribution in [2.24, 2.45) is 0 Å². The zero-order chi connectivity index (χ0) is 20.3. The first kappa shape index (κ1) is 19.3. The maximum Gasteiger partial charge on any atom is 0.273 e. The molecule has 1 saturated heterocycles. The van der Waals surface area contributed by atoms with Gasteiger partial charge in [0.2, 0.25) is 10.0 Å². The molecule has 1 amide bonds. The summed E-state index contributed by atoms with van der Waals surface area (Å²) in [5, 5.41) is 6.56. The van der Waals surface area contributed by atoms with E-state index in [1.807, 2.05) is 0 Å².